The molecule has 0 aliphatic heterocycles. The van der Waals surface area contributed by atoms with Gasteiger partial charge in [0.2, 0.25) is 0 Å². The van der Waals surface area contributed by atoms with Crippen molar-refractivity contribution in [2.45, 2.75) is 33.2 Å². The number of rotatable bonds is 3. The molecule has 2 heteroatoms. The highest BCUT2D eigenvalue weighted by molar-refractivity contribution is 5.38. The molecule has 0 aromatic heterocycles. The summed E-state index contributed by atoms with van der Waals surface area (Å²) in [6.45, 7) is 6.30. The van der Waals surface area contributed by atoms with Gasteiger partial charge in [0.1, 0.15) is 5.82 Å². The van der Waals surface area contributed by atoms with Gasteiger partial charge in [0.05, 0.1) is 0 Å². The lowest BCUT2D eigenvalue weighted by Gasteiger charge is -2.17. The molecule has 0 bridgehead atoms. The molecule has 0 amide bonds. The summed E-state index contributed by atoms with van der Waals surface area (Å²) in [7, 11) is 0. The maximum atomic E-state index is 12.9. The average Bonchev–Trinajstić information content (AvgIpc) is 2.36. The lowest BCUT2D eigenvalue weighted by atomic mass is 9.93. The molecule has 2 aromatic carbocycles. The maximum Gasteiger partial charge on any atom is 0.123 e. The van der Waals surface area contributed by atoms with Crippen LogP contribution in [0.5, 0.6) is 0 Å². The Balaban J connectivity index is 2.22. The zero-order valence-corrected chi connectivity index (χ0v) is 11.7. The average molecular weight is 257 g/mol. The molecule has 0 aliphatic carbocycles. The van der Waals surface area contributed by atoms with Gasteiger partial charge in [-0.1, -0.05) is 24.3 Å². The van der Waals surface area contributed by atoms with E-state index in [9.17, 15) is 4.39 Å². The zero-order chi connectivity index (χ0) is 14.0. The molecule has 0 radical (unpaired) electrons. The van der Waals surface area contributed by atoms with E-state index in [1.165, 1.54) is 34.4 Å². The Morgan fingerprint density at radius 2 is 1.53 bits per heavy atom. The van der Waals surface area contributed by atoms with Crippen LogP contribution >= 0.6 is 0 Å². The smallest absolute Gasteiger partial charge is 0.123 e. The number of nitrogens with two attached hydrogens (primary N) is 1. The number of hydrogen-bond donors (Lipinski definition) is 1. The fourth-order valence-corrected chi connectivity index (χ4v) is 2.37. The monoisotopic (exact) mass is 257 g/mol. The number of benzene rings is 2. The van der Waals surface area contributed by atoms with Gasteiger partial charge in [0.25, 0.3) is 0 Å². The standard InChI is InChI=1S/C17H20FN/c1-11-8-13(3)16(9-12(11)2)17(19)10-14-4-6-15(18)7-5-14/h4-9,17H,10,19H2,1-3H3. The predicted molar refractivity (Wildman–Crippen MR) is 77.7 cm³/mol. The molecule has 1 unspecified atom stereocenters. The van der Waals surface area contributed by atoms with E-state index in [0.717, 1.165) is 12.0 Å². The van der Waals surface area contributed by atoms with Crippen LogP contribution in [0.3, 0.4) is 0 Å². The minimum Gasteiger partial charge on any atom is -0.324 e. The third-order valence-corrected chi connectivity index (χ3v) is 3.65. The zero-order valence-electron chi connectivity index (χ0n) is 11.7. The fourth-order valence-electron chi connectivity index (χ4n) is 2.37. The summed E-state index contributed by atoms with van der Waals surface area (Å²) in [6, 6.07) is 10.8. The molecule has 2 aromatic rings. The summed E-state index contributed by atoms with van der Waals surface area (Å²) < 4.78 is 12.9. The van der Waals surface area contributed by atoms with E-state index in [0.29, 0.717) is 0 Å². The molecule has 1 atom stereocenters. The molecule has 100 valence electrons. The quantitative estimate of drug-likeness (QED) is 0.884. The van der Waals surface area contributed by atoms with Crippen molar-refractivity contribution in [3.8, 4) is 0 Å². The first kappa shape index (κ1) is 13.8. The molecule has 0 aliphatic rings. The van der Waals surface area contributed by atoms with Gasteiger partial charge >= 0.3 is 0 Å². The van der Waals surface area contributed by atoms with E-state index in [1.807, 2.05) is 0 Å². The second kappa shape index (κ2) is 5.54. The van der Waals surface area contributed by atoms with Crippen molar-refractivity contribution in [1.82, 2.24) is 0 Å². The minimum atomic E-state index is -0.209. The van der Waals surface area contributed by atoms with Crippen LogP contribution in [0.15, 0.2) is 36.4 Å². The van der Waals surface area contributed by atoms with Crippen molar-refractivity contribution in [2.75, 3.05) is 0 Å². The summed E-state index contributed by atoms with van der Waals surface area (Å²) in [5.41, 5.74) is 12.3. The van der Waals surface area contributed by atoms with Crippen molar-refractivity contribution in [2.24, 2.45) is 5.73 Å². The van der Waals surface area contributed by atoms with Gasteiger partial charge in [-0.3, -0.25) is 0 Å². The Morgan fingerprint density at radius 3 is 2.16 bits per heavy atom. The highest BCUT2D eigenvalue weighted by Crippen LogP contribution is 2.23. The van der Waals surface area contributed by atoms with Crippen LogP contribution < -0.4 is 5.73 Å². The fraction of sp³-hybridized carbons (Fsp3) is 0.294. The van der Waals surface area contributed by atoms with Gasteiger partial charge in [-0.25, -0.2) is 4.39 Å². The number of halogens is 1. The van der Waals surface area contributed by atoms with Gasteiger partial charge in [-0.05, 0) is 67.1 Å². The third-order valence-electron chi connectivity index (χ3n) is 3.65. The normalized spacial score (nSPS) is 12.5. The third kappa shape index (κ3) is 3.21. The van der Waals surface area contributed by atoms with Gasteiger partial charge in [-0.2, -0.15) is 0 Å². The summed E-state index contributed by atoms with van der Waals surface area (Å²) in [6.07, 6.45) is 0.726. The first-order chi connectivity index (χ1) is 8.97. The molecule has 0 fully saturated rings. The first-order valence-corrected chi connectivity index (χ1v) is 6.55. The minimum absolute atomic E-state index is 0.0511. The van der Waals surface area contributed by atoms with Crippen LogP contribution in [-0.2, 0) is 6.42 Å². The summed E-state index contributed by atoms with van der Waals surface area (Å²) in [4.78, 5) is 0. The Morgan fingerprint density at radius 1 is 0.947 bits per heavy atom. The van der Waals surface area contributed by atoms with E-state index >= 15 is 0 Å². The van der Waals surface area contributed by atoms with Gasteiger partial charge in [-0.15, -0.1) is 0 Å². The van der Waals surface area contributed by atoms with E-state index in [4.69, 9.17) is 5.73 Å². The van der Waals surface area contributed by atoms with Crippen LogP contribution in [0.25, 0.3) is 0 Å². The van der Waals surface area contributed by atoms with Crippen molar-refractivity contribution >= 4 is 0 Å². The molecule has 1 nitrogen and oxygen atoms in total. The van der Waals surface area contributed by atoms with Crippen molar-refractivity contribution in [3.05, 3.63) is 70.0 Å². The number of hydrogen-bond acceptors (Lipinski definition) is 1. The molecule has 0 spiro atoms. The molecular weight excluding hydrogens is 237 g/mol. The van der Waals surface area contributed by atoms with E-state index in [1.54, 1.807) is 12.1 Å². The summed E-state index contributed by atoms with van der Waals surface area (Å²) in [5.74, 6) is -0.209. The lowest BCUT2D eigenvalue weighted by molar-refractivity contribution is 0.625. The molecule has 2 rings (SSSR count). The highest BCUT2D eigenvalue weighted by atomic mass is 19.1. The van der Waals surface area contributed by atoms with Crippen LogP contribution in [0, 0.1) is 26.6 Å². The Kier molecular flexibility index (Phi) is 4.01. The molecule has 0 heterocycles. The second-order valence-corrected chi connectivity index (χ2v) is 5.23. The van der Waals surface area contributed by atoms with Gasteiger partial charge < -0.3 is 5.73 Å². The Labute approximate surface area is 114 Å². The lowest BCUT2D eigenvalue weighted by Crippen LogP contribution is -2.15. The molecule has 2 N–H and O–H groups in total. The Bertz CT molecular complexity index is 573. The SMILES string of the molecule is Cc1cc(C)c(C(N)Cc2ccc(F)cc2)cc1C. The predicted octanol–water partition coefficient (Wildman–Crippen LogP) is 3.99. The van der Waals surface area contributed by atoms with Crippen LogP contribution in [0.1, 0.15) is 33.9 Å². The molecule has 0 saturated carbocycles. The van der Waals surface area contributed by atoms with E-state index in [2.05, 4.69) is 32.9 Å². The van der Waals surface area contributed by atoms with Crippen molar-refractivity contribution in [3.63, 3.8) is 0 Å². The van der Waals surface area contributed by atoms with E-state index in [-0.39, 0.29) is 11.9 Å². The molecule has 19 heavy (non-hydrogen) atoms. The molecular formula is C17H20FN. The maximum absolute atomic E-state index is 12.9. The van der Waals surface area contributed by atoms with Crippen molar-refractivity contribution < 1.29 is 4.39 Å². The topological polar surface area (TPSA) is 26.0 Å². The first-order valence-electron chi connectivity index (χ1n) is 6.55. The number of aryl methyl sites for hydroxylation is 3. The highest BCUT2D eigenvalue weighted by Gasteiger charge is 2.11. The van der Waals surface area contributed by atoms with E-state index < -0.39 is 0 Å². The van der Waals surface area contributed by atoms with Gasteiger partial charge in [0.15, 0.2) is 0 Å². The van der Waals surface area contributed by atoms with Crippen molar-refractivity contribution in [1.29, 1.82) is 0 Å². The van der Waals surface area contributed by atoms with Crippen LogP contribution in [0.2, 0.25) is 0 Å². The summed E-state index contributed by atoms with van der Waals surface area (Å²) in [5, 5.41) is 0. The van der Waals surface area contributed by atoms with Crippen LogP contribution in [-0.4, -0.2) is 0 Å². The van der Waals surface area contributed by atoms with Crippen LogP contribution in [0.4, 0.5) is 4.39 Å². The summed E-state index contributed by atoms with van der Waals surface area (Å²) >= 11 is 0. The largest absolute Gasteiger partial charge is 0.324 e. The van der Waals surface area contributed by atoms with Gasteiger partial charge in [0, 0.05) is 6.04 Å². The second-order valence-electron chi connectivity index (χ2n) is 5.23. The molecule has 0 saturated heterocycles. The Hall–Kier alpha value is -1.67.